The molecule has 74 valence electrons. The van der Waals surface area contributed by atoms with Gasteiger partial charge in [-0.25, -0.2) is 0 Å². The zero-order valence-electron chi connectivity index (χ0n) is 8.34. The molecule has 1 aliphatic rings. The summed E-state index contributed by atoms with van der Waals surface area (Å²) in [7, 11) is 1.75. The van der Waals surface area contributed by atoms with Crippen molar-refractivity contribution in [2.24, 2.45) is 0 Å². The summed E-state index contributed by atoms with van der Waals surface area (Å²) in [6.45, 7) is 4.03. The first-order valence-corrected chi connectivity index (χ1v) is 4.92. The van der Waals surface area contributed by atoms with Crippen molar-refractivity contribution in [3.8, 4) is 0 Å². The van der Waals surface area contributed by atoms with Crippen molar-refractivity contribution in [2.45, 2.75) is 44.1 Å². The van der Waals surface area contributed by atoms with Crippen LogP contribution in [-0.2, 0) is 9.53 Å². The Hall–Kier alpha value is -0.630. The highest BCUT2D eigenvalue weighted by molar-refractivity contribution is 5.50. The summed E-state index contributed by atoms with van der Waals surface area (Å²) in [6, 6.07) is 0. The molecule has 1 fully saturated rings. The Labute approximate surface area is 80.0 Å². The van der Waals surface area contributed by atoms with E-state index in [4.69, 9.17) is 4.74 Å². The third-order valence-corrected chi connectivity index (χ3v) is 3.01. The maximum atomic E-state index is 10.2. The van der Waals surface area contributed by atoms with Crippen LogP contribution >= 0.6 is 0 Å². The second-order valence-electron chi connectivity index (χ2n) is 3.71. The molecule has 0 bridgehead atoms. The molecule has 13 heavy (non-hydrogen) atoms. The van der Waals surface area contributed by atoms with Crippen LogP contribution < -0.4 is 0 Å². The second-order valence-corrected chi connectivity index (χ2v) is 3.71. The normalized spacial score (nSPS) is 20.1. The summed E-state index contributed by atoms with van der Waals surface area (Å²) in [5.41, 5.74) is 0.989. The van der Waals surface area contributed by atoms with Gasteiger partial charge in [0.15, 0.2) is 0 Å². The van der Waals surface area contributed by atoms with E-state index < -0.39 is 0 Å². The standard InChI is InChI=1S/C11H18O2/c1-10(6-5-9-12)11(13-2)7-3-4-8-11/h9H,1,3-8H2,2H3. The molecular weight excluding hydrogens is 164 g/mol. The quantitative estimate of drug-likeness (QED) is 0.482. The van der Waals surface area contributed by atoms with Crippen molar-refractivity contribution in [1.82, 2.24) is 0 Å². The van der Waals surface area contributed by atoms with Crippen LogP contribution in [0.4, 0.5) is 0 Å². The molecule has 0 radical (unpaired) electrons. The van der Waals surface area contributed by atoms with Gasteiger partial charge in [0, 0.05) is 13.5 Å². The lowest BCUT2D eigenvalue weighted by molar-refractivity contribution is -0.107. The van der Waals surface area contributed by atoms with Gasteiger partial charge in [-0.15, -0.1) is 0 Å². The SMILES string of the molecule is C=C(CCC=O)C1(OC)CCCC1. The molecule has 2 heteroatoms. The first-order valence-electron chi connectivity index (χ1n) is 4.92. The van der Waals surface area contributed by atoms with Gasteiger partial charge < -0.3 is 9.53 Å². The van der Waals surface area contributed by atoms with Crippen LogP contribution in [0.15, 0.2) is 12.2 Å². The smallest absolute Gasteiger partial charge is 0.120 e. The Morgan fingerprint density at radius 2 is 2.15 bits per heavy atom. The minimum Gasteiger partial charge on any atom is -0.374 e. The van der Waals surface area contributed by atoms with Gasteiger partial charge >= 0.3 is 0 Å². The van der Waals surface area contributed by atoms with Crippen LogP contribution in [0.5, 0.6) is 0 Å². The first kappa shape index (κ1) is 10.5. The molecule has 0 aromatic rings. The van der Waals surface area contributed by atoms with Crippen LogP contribution in [0, 0.1) is 0 Å². The number of hydrogen-bond acceptors (Lipinski definition) is 2. The fourth-order valence-electron chi connectivity index (χ4n) is 2.11. The van der Waals surface area contributed by atoms with Crippen LogP contribution in [0.3, 0.4) is 0 Å². The zero-order valence-corrected chi connectivity index (χ0v) is 8.34. The molecule has 0 saturated heterocycles. The molecule has 0 aromatic heterocycles. The summed E-state index contributed by atoms with van der Waals surface area (Å²) < 4.78 is 5.54. The molecule has 0 spiro atoms. The van der Waals surface area contributed by atoms with Gasteiger partial charge in [-0.2, -0.15) is 0 Å². The second kappa shape index (κ2) is 4.56. The topological polar surface area (TPSA) is 26.3 Å². The number of aldehydes is 1. The van der Waals surface area contributed by atoms with Gasteiger partial charge in [-0.1, -0.05) is 19.4 Å². The van der Waals surface area contributed by atoms with E-state index in [0.29, 0.717) is 6.42 Å². The summed E-state index contributed by atoms with van der Waals surface area (Å²) >= 11 is 0. The lowest BCUT2D eigenvalue weighted by Gasteiger charge is -2.29. The van der Waals surface area contributed by atoms with Crippen molar-refractivity contribution >= 4 is 6.29 Å². The number of methoxy groups -OCH3 is 1. The number of ether oxygens (including phenoxy) is 1. The zero-order chi connectivity index (χ0) is 9.73. The van der Waals surface area contributed by atoms with E-state index >= 15 is 0 Å². The predicted octanol–water partition coefficient (Wildman–Crippen LogP) is 2.48. The minimum atomic E-state index is -0.108. The van der Waals surface area contributed by atoms with E-state index in [2.05, 4.69) is 6.58 Å². The highest BCUT2D eigenvalue weighted by Gasteiger charge is 2.35. The molecular formula is C11H18O2. The van der Waals surface area contributed by atoms with Gasteiger partial charge in [0.1, 0.15) is 6.29 Å². The van der Waals surface area contributed by atoms with Gasteiger partial charge in [0.2, 0.25) is 0 Å². The van der Waals surface area contributed by atoms with Gasteiger partial charge in [-0.05, 0) is 24.8 Å². The van der Waals surface area contributed by atoms with Gasteiger partial charge in [-0.3, -0.25) is 0 Å². The lowest BCUT2D eigenvalue weighted by Crippen LogP contribution is -2.29. The number of carbonyl (C=O) groups is 1. The Morgan fingerprint density at radius 3 is 2.62 bits per heavy atom. The Morgan fingerprint density at radius 1 is 1.54 bits per heavy atom. The van der Waals surface area contributed by atoms with Crippen molar-refractivity contribution in [1.29, 1.82) is 0 Å². The summed E-state index contributed by atoms with van der Waals surface area (Å²) in [5.74, 6) is 0. The molecule has 1 aliphatic carbocycles. The van der Waals surface area contributed by atoms with Crippen LogP contribution in [-0.4, -0.2) is 19.0 Å². The molecule has 0 aliphatic heterocycles. The fourth-order valence-corrected chi connectivity index (χ4v) is 2.11. The first-order chi connectivity index (χ1) is 6.25. The summed E-state index contributed by atoms with van der Waals surface area (Å²) in [5, 5.41) is 0. The van der Waals surface area contributed by atoms with Crippen LogP contribution in [0.2, 0.25) is 0 Å². The molecule has 1 saturated carbocycles. The highest BCUT2D eigenvalue weighted by atomic mass is 16.5. The third-order valence-electron chi connectivity index (χ3n) is 3.01. The Balaban J connectivity index is 2.54. The molecule has 0 aromatic carbocycles. The molecule has 0 N–H and O–H groups in total. The van der Waals surface area contributed by atoms with E-state index in [-0.39, 0.29) is 5.60 Å². The van der Waals surface area contributed by atoms with E-state index in [1.54, 1.807) is 7.11 Å². The number of hydrogen-bond donors (Lipinski definition) is 0. The van der Waals surface area contributed by atoms with E-state index in [0.717, 1.165) is 31.1 Å². The number of rotatable bonds is 5. The average molecular weight is 182 g/mol. The molecule has 0 unspecified atom stereocenters. The Kier molecular flexibility index (Phi) is 3.67. The lowest BCUT2D eigenvalue weighted by atomic mass is 9.90. The van der Waals surface area contributed by atoms with Crippen molar-refractivity contribution in [2.75, 3.05) is 7.11 Å². The van der Waals surface area contributed by atoms with Gasteiger partial charge in [0.25, 0.3) is 0 Å². The number of carbonyl (C=O) groups excluding carboxylic acids is 1. The largest absolute Gasteiger partial charge is 0.374 e. The Bertz CT molecular complexity index is 190. The maximum absolute atomic E-state index is 10.2. The molecule has 0 heterocycles. The van der Waals surface area contributed by atoms with Crippen molar-refractivity contribution in [3.63, 3.8) is 0 Å². The monoisotopic (exact) mass is 182 g/mol. The van der Waals surface area contributed by atoms with Gasteiger partial charge in [0.05, 0.1) is 5.60 Å². The summed E-state index contributed by atoms with van der Waals surface area (Å²) in [6.07, 6.45) is 6.87. The molecule has 0 atom stereocenters. The summed E-state index contributed by atoms with van der Waals surface area (Å²) in [4.78, 5) is 10.2. The molecule has 1 rings (SSSR count). The van der Waals surface area contributed by atoms with Crippen molar-refractivity contribution in [3.05, 3.63) is 12.2 Å². The van der Waals surface area contributed by atoms with E-state index in [1.807, 2.05) is 0 Å². The van der Waals surface area contributed by atoms with E-state index in [1.165, 1.54) is 12.8 Å². The fraction of sp³-hybridized carbons (Fsp3) is 0.727. The minimum absolute atomic E-state index is 0.108. The maximum Gasteiger partial charge on any atom is 0.120 e. The average Bonchev–Trinajstić information content (AvgIpc) is 2.63. The van der Waals surface area contributed by atoms with Crippen LogP contribution in [0.1, 0.15) is 38.5 Å². The van der Waals surface area contributed by atoms with E-state index in [9.17, 15) is 4.79 Å². The predicted molar refractivity (Wildman–Crippen MR) is 52.6 cm³/mol. The highest BCUT2D eigenvalue weighted by Crippen LogP contribution is 2.39. The molecule has 2 nitrogen and oxygen atoms in total. The van der Waals surface area contributed by atoms with Crippen LogP contribution in [0.25, 0.3) is 0 Å². The van der Waals surface area contributed by atoms with Crippen molar-refractivity contribution < 1.29 is 9.53 Å². The molecule has 0 amide bonds. The third kappa shape index (κ3) is 2.19.